The maximum atomic E-state index is 5.54. The minimum absolute atomic E-state index is 0. The van der Waals surface area contributed by atoms with Crippen molar-refractivity contribution >= 4 is 29.9 Å². The summed E-state index contributed by atoms with van der Waals surface area (Å²) in [6, 6.07) is 7.94. The van der Waals surface area contributed by atoms with E-state index in [0.717, 1.165) is 49.8 Å². The van der Waals surface area contributed by atoms with Crippen LogP contribution in [0.5, 0.6) is 5.75 Å². The topological polar surface area (TPSA) is 54.9 Å². The Bertz CT molecular complexity index is 442. The van der Waals surface area contributed by atoms with E-state index in [4.69, 9.17) is 9.47 Å². The molecule has 0 atom stereocenters. The molecule has 0 aliphatic heterocycles. The summed E-state index contributed by atoms with van der Waals surface area (Å²) in [5.41, 5.74) is 1.07. The number of nitrogens with one attached hydrogen (secondary N) is 2. The van der Waals surface area contributed by atoms with E-state index in [2.05, 4.69) is 29.5 Å². The maximum absolute atomic E-state index is 5.54. The van der Waals surface area contributed by atoms with Gasteiger partial charge >= 0.3 is 0 Å². The summed E-state index contributed by atoms with van der Waals surface area (Å²) in [4.78, 5) is 4.59. The van der Waals surface area contributed by atoms with Crippen LogP contribution in [0.3, 0.4) is 0 Å². The van der Waals surface area contributed by atoms with E-state index in [1.165, 1.54) is 0 Å². The van der Waals surface area contributed by atoms with Crippen molar-refractivity contribution in [1.82, 2.24) is 10.6 Å². The highest BCUT2D eigenvalue weighted by atomic mass is 127. The molecule has 0 amide bonds. The van der Waals surface area contributed by atoms with Gasteiger partial charge in [0, 0.05) is 25.3 Å². The fraction of sp³-hybridized carbons (Fsp3) is 0.588. The highest BCUT2D eigenvalue weighted by molar-refractivity contribution is 14.0. The highest BCUT2D eigenvalue weighted by Gasteiger charge is 2.02. The lowest BCUT2D eigenvalue weighted by Gasteiger charge is -2.12. The average molecular weight is 435 g/mol. The Kier molecular flexibility index (Phi) is 13.9. The number of ether oxygens (including phenoxy) is 2. The molecule has 1 rings (SSSR count). The van der Waals surface area contributed by atoms with Crippen molar-refractivity contribution in [3.05, 3.63) is 29.8 Å². The molecule has 2 N–H and O–H groups in total. The van der Waals surface area contributed by atoms with E-state index in [1.54, 1.807) is 7.11 Å². The number of guanidine groups is 1. The Balaban J connectivity index is 0.00000484. The van der Waals surface area contributed by atoms with E-state index >= 15 is 0 Å². The van der Waals surface area contributed by atoms with Crippen molar-refractivity contribution < 1.29 is 9.47 Å². The van der Waals surface area contributed by atoms with Crippen LogP contribution in [-0.4, -0.2) is 39.4 Å². The van der Waals surface area contributed by atoms with E-state index in [-0.39, 0.29) is 24.0 Å². The van der Waals surface area contributed by atoms with Crippen molar-refractivity contribution in [2.75, 3.05) is 33.4 Å². The molecule has 6 heteroatoms. The number of methoxy groups -OCH3 is 1. The van der Waals surface area contributed by atoms with Gasteiger partial charge in [-0.05, 0) is 19.4 Å². The standard InChI is InChI=1S/C17H29N3O2.HI/c1-4-6-12-22-13-11-19-17(18-5-2)20-14-15-9-7-8-10-16(15)21-3;/h7-10H,4-6,11-14H2,1-3H3,(H2,18,19,20);1H. The van der Waals surface area contributed by atoms with Crippen LogP contribution < -0.4 is 15.4 Å². The third-order valence-corrected chi connectivity index (χ3v) is 3.13. The zero-order valence-corrected chi connectivity index (χ0v) is 16.8. The smallest absolute Gasteiger partial charge is 0.191 e. The van der Waals surface area contributed by atoms with Crippen molar-refractivity contribution in [3.8, 4) is 5.75 Å². The van der Waals surface area contributed by atoms with Gasteiger partial charge in [0.15, 0.2) is 5.96 Å². The molecule has 0 aliphatic rings. The summed E-state index contributed by atoms with van der Waals surface area (Å²) in [5, 5.41) is 6.51. The fourth-order valence-corrected chi connectivity index (χ4v) is 1.93. The van der Waals surface area contributed by atoms with Gasteiger partial charge in [-0.2, -0.15) is 0 Å². The van der Waals surface area contributed by atoms with Crippen LogP contribution in [0, 0.1) is 0 Å². The number of aliphatic imine (C=N–C) groups is 1. The SMILES string of the molecule is CCCCOCCNC(=NCc1ccccc1OC)NCC.I. The molecule has 0 unspecified atom stereocenters. The molecule has 0 fully saturated rings. The maximum Gasteiger partial charge on any atom is 0.191 e. The summed E-state index contributed by atoms with van der Waals surface area (Å²) in [6.45, 7) is 7.89. The number of benzene rings is 1. The molecule has 0 heterocycles. The predicted octanol–water partition coefficient (Wildman–Crippen LogP) is 3.19. The Morgan fingerprint density at radius 1 is 1.13 bits per heavy atom. The lowest BCUT2D eigenvalue weighted by Crippen LogP contribution is -2.39. The summed E-state index contributed by atoms with van der Waals surface area (Å²) in [7, 11) is 1.68. The average Bonchev–Trinajstić information content (AvgIpc) is 2.56. The molecule has 0 saturated carbocycles. The van der Waals surface area contributed by atoms with E-state index in [9.17, 15) is 0 Å². The normalized spacial score (nSPS) is 10.8. The molecular weight excluding hydrogens is 405 g/mol. The van der Waals surface area contributed by atoms with Crippen LogP contribution in [0.15, 0.2) is 29.3 Å². The first-order valence-electron chi connectivity index (χ1n) is 8.03. The second kappa shape index (κ2) is 14.6. The van der Waals surface area contributed by atoms with Crippen LogP contribution in [-0.2, 0) is 11.3 Å². The molecule has 0 aliphatic carbocycles. The summed E-state index contributed by atoms with van der Waals surface area (Å²) in [6.07, 6.45) is 2.28. The predicted molar refractivity (Wildman–Crippen MR) is 107 cm³/mol. The number of para-hydroxylation sites is 1. The lowest BCUT2D eigenvalue weighted by molar-refractivity contribution is 0.136. The summed E-state index contributed by atoms with van der Waals surface area (Å²) >= 11 is 0. The van der Waals surface area contributed by atoms with Gasteiger partial charge < -0.3 is 20.1 Å². The number of unbranched alkanes of at least 4 members (excludes halogenated alkanes) is 1. The van der Waals surface area contributed by atoms with Crippen LogP contribution in [0.25, 0.3) is 0 Å². The van der Waals surface area contributed by atoms with Crippen molar-refractivity contribution in [1.29, 1.82) is 0 Å². The van der Waals surface area contributed by atoms with Gasteiger partial charge in [0.1, 0.15) is 5.75 Å². The van der Waals surface area contributed by atoms with Crippen molar-refractivity contribution in [3.63, 3.8) is 0 Å². The number of rotatable bonds is 10. The van der Waals surface area contributed by atoms with Gasteiger partial charge in [-0.1, -0.05) is 31.5 Å². The lowest BCUT2D eigenvalue weighted by atomic mass is 10.2. The third kappa shape index (κ3) is 9.65. The fourth-order valence-electron chi connectivity index (χ4n) is 1.93. The minimum atomic E-state index is 0. The molecule has 132 valence electrons. The van der Waals surface area contributed by atoms with Gasteiger partial charge in [0.2, 0.25) is 0 Å². The minimum Gasteiger partial charge on any atom is -0.496 e. The van der Waals surface area contributed by atoms with Gasteiger partial charge in [0.25, 0.3) is 0 Å². The molecule has 0 radical (unpaired) electrons. The van der Waals surface area contributed by atoms with Gasteiger partial charge in [-0.25, -0.2) is 4.99 Å². The van der Waals surface area contributed by atoms with E-state index in [0.29, 0.717) is 13.2 Å². The molecule has 1 aromatic carbocycles. The number of nitrogens with zero attached hydrogens (tertiary/aromatic N) is 1. The number of hydrogen-bond donors (Lipinski definition) is 2. The molecule has 0 saturated heterocycles. The Morgan fingerprint density at radius 3 is 2.61 bits per heavy atom. The zero-order chi connectivity index (χ0) is 16.0. The Labute approximate surface area is 157 Å². The molecule has 0 bridgehead atoms. The van der Waals surface area contributed by atoms with Gasteiger partial charge in [-0.15, -0.1) is 24.0 Å². The van der Waals surface area contributed by atoms with Crippen LogP contribution >= 0.6 is 24.0 Å². The molecule has 0 aromatic heterocycles. The largest absolute Gasteiger partial charge is 0.496 e. The molecular formula is C17H30IN3O2. The van der Waals surface area contributed by atoms with E-state index in [1.807, 2.05) is 24.3 Å². The van der Waals surface area contributed by atoms with Crippen LogP contribution in [0.4, 0.5) is 0 Å². The van der Waals surface area contributed by atoms with Gasteiger partial charge in [0.05, 0.1) is 20.3 Å². The Hall–Kier alpha value is -1.02. The zero-order valence-electron chi connectivity index (χ0n) is 14.4. The molecule has 23 heavy (non-hydrogen) atoms. The second-order valence-electron chi connectivity index (χ2n) is 4.90. The summed E-state index contributed by atoms with van der Waals surface area (Å²) < 4.78 is 10.9. The number of hydrogen-bond acceptors (Lipinski definition) is 3. The van der Waals surface area contributed by atoms with Gasteiger partial charge in [-0.3, -0.25) is 0 Å². The highest BCUT2D eigenvalue weighted by Crippen LogP contribution is 2.17. The van der Waals surface area contributed by atoms with Crippen LogP contribution in [0.2, 0.25) is 0 Å². The first-order valence-corrected chi connectivity index (χ1v) is 8.03. The quantitative estimate of drug-likeness (QED) is 0.257. The first-order chi connectivity index (χ1) is 10.8. The molecule has 1 aromatic rings. The number of halogens is 1. The summed E-state index contributed by atoms with van der Waals surface area (Å²) in [5.74, 6) is 1.66. The van der Waals surface area contributed by atoms with Crippen molar-refractivity contribution in [2.45, 2.75) is 33.2 Å². The first kappa shape index (κ1) is 22.0. The van der Waals surface area contributed by atoms with Crippen LogP contribution in [0.1, 0.15) is 32.3 Å². The van der Waals surface area contributed by atoms with Crippen molar-refractivity contribution in [2.24, 2.45) is 4.99 Å². The van der Waals surface area contributed by atoms with E-state index < -0.39 is 0 Å². The molecule has 5 nitrogen and oxygen atoms in total. The Morgan fingerprint density at radius 2 is 1.91 bits per heavy atom. The monoisotopic (exact) mass is 435 g/mol. The molecule has 0 spiro atoms. The third-order valence-electron chi connectivity index (χ3n) is 3.13. The second-order valence-corrected chi connectivity index (χ2v) is 4.90.